The van der Waals surface area contributed by atoms with Crippen LogP contribution in [-0.4, -0.2) is 11.5 Å². The van der Waals surface area contributed by atoms with Gasteiger partial charge in [-0.1, -0.05) is 36.2 Å². The predicted molar refractivity (Wildman–Crippen MR) is 57.3 cm³/mol. The first-order valence-corrected chi connectivity index (χ1v) is 4.63. The summed E-state index contributed by atoms with van der Waals surface area (Å²) in [5.41, 5.74) is 0.337. The summed E-state index contributed by atoms with van der Waals surface area (Å²) in [6.07, 6.45) is 4.71. The quantitative estimate of drug-likeness (QED) is 0.309. The fourth-order valence-corrected chi connectivity index (χ4v) is 1.13. The number of rotatable bonds is 4. The highest BCUT2D eigenvalue weighted by atomic mass is 35.5. The van der Waals surface area contributed by atoms with Crippen LogP contribution in [0, 0.1) is 0 Å². The molecule has 0 aliphatic rings. The van der Waals surface area contributed by atoms with Crippen molar-refractivity contribution in [3.63, 3.8) is 0 Å². The maximum Gasteiger partial charge on any atom is 0.152 e. The zero-order chi connectivity index (χ0) is 10.3. The number of halogens is 2. The van der Waals surface area contributed by atoms with Crippen LogP contribution in [0.1, 0.15) is 20.3 Å². The molecule has 0 heterocycles. The van der Waals surface area contributed by atoms with Crippen LogP contribution in [0.5, 0.6) is 0 Å². The molecule has 0 saturated heterocycles. The van der Waals surface area contributed by atoms with E-state index in [4.69, 9.17) is 23.2 Å². The van der Waals surface area contributed by atoms with Crippen LogP contribution in [-0.2, 0) is 4.79 Å². The fourth-order valence-electron chi connectivity index (χ4n) is 0.608. The zero-order valence-electron chi connectivity index (χ0n) is 7.55. The van der Waals surface area contributed by atoms with E-state index in [-0.39, 0.29) is 5.17 Å². The fraction of sp³-hybridized carbons (Fsp3) is 0.333. The van der Waals surface area contributed by atoms with Crippen molar-refractivity contribution in [3.8, 4) is 0 Å². The topological polar surface area (TPSA) is 29.4 Å². The van der Waals surface area contributed by atoms with Gasteiger partial charge in [0.05, 0.1) is 0 Å². The zero-order valence-corrected chi connectivity index (χ0v) is 9.06. The summed E-state index contributed by atoms with van der Waals surface area (Å²) in [6, 6.07) is 0. The van der Waals surface area contributed by atoms with Crippen molar-refractivity contribution in [1.82, 2.24) is 0 Å². The highest BCUT2D eigenvalue weighted by molar-refractivity contribution is 6.72. The molecular weight excluding hydrogens is 209 g/mol. The van der Waals surface area contributed by atoms with E-state index in [9.17, 15) is 4.79 Å². The Kier molecular flexibility index (Phi) is 6.55. The van der Waals surface area contributed by atoms with Crippen LogP contribution < -0.4 is 0 Å². The molecule has 0 N–H and O–H groups in total. The molecule has 0 atom stereocenters. The van der Waals surface area contributed by atoms with E-state index in [1.165, 1.54) is 0 Å². The summed E-state index contributed by atoms with van der Waals surface area (Å²) in [4.78, 5) is 14.2. The third kappa shape index (κ3) is 4.86. The van der Waals surface area contributed by atoms with Gasteiger partial charge in [0.25, 0.3) is 0 Å². The highest BCUT2D eigenvalue weighted by Gasteiger charge is 2.01. The summed E-state index contributed by atoms with van der Waals surface area (Å²) in [7, 11) is 0. The van der Waals surface area contributed by atoms with Crippen LogP contribution in [0.2, 0.25) is 0 Å². The molecular formula is C9H11Cl2NO. The lowest BCUT2D eigenvalue weighted by Crippen LogP contribution is -1.94. The van der Waals surface area contributed by atoms with Crippen molar-refractivity contribution in [2.24, 2.45) is 4.99 Å². The number of hydrogen-bond donors (Lipinski definition) is 0. The second-order valence-corrected chi connectivity index (χ2v) is 2.94. The van der Waals surface area contributed by atoms with Gasteiger partial charge in [-0.05, 0) is 19.4 Å². The Bertz CT molecular complexity index is 267. The van der Waals surface area contributed by atoms with E-state index in [0.29, 0.717) is 17.0 Å². The summed E-state index contributed by atoms with van der Waals surface area (Å²) in [6.45, 7) is 3.64. The van der Waals surface area contributed by atoms with Crippen LogP contribution in [0.25, 0.3) is 0 Å². The Morgan fingerprint density at radius 3 is 2.46 bits per heavy atom. The number of allylic oxidation sites excluding steroid dienone is 3. The van der Waals surface area contributed by atoms with E-state index in [1.54, 1.807) is 19.1 Å². The van der Waals surface area contributed by atoms with Gasteiger partial charge in [-0.2, -0.15) is 0 Å². The number of carbonyl (C=O) groups excluding carboxylic acids is 1. The molecule has 0 amide bonds. The molecule has 0 aromatic carbocycles. The second kappa shape index (κ2) is 6.87. The maximum atomic E-state index is 10.4. The lowest BCUT2D eigenvalue weighted by atomic mass is 10.3. The number of aliphatic imine (C=N–C) groups is 1. The van der Waals surface area contributed by atoms with Gasteiger partial charge in [0.2, 0.25) is 0 Å². The van der Waals surface area contributed by atoms with Gasteiger partial charge in [-0.3, -0.25) is 4.79 Å². The molecule has 0 unspecified atom stereocenters. The second-order valence-electron chi connectivity index (χ2n) is 2.20. The number of aldehydes is 1. The highest BCUT2D eigenvalue weighted by Crippen LogP contribution is 2.09. The minimum absolute atomic E-state index is 0.118. The lowest BCUT2D eigenvalue weighted by Gasteiger charge is -1.94. The first kappa shape index (κ1) is 12.4. The molecule has 4 heteroatoms. The molecule has 0 spiro atoms. The van der Waals surface area contributed by atoms with E-state index in [1.807, 2.05) is 6.92 Å². The average Bonchev–Trinajstić information content (AvgIpc) is 2.06. The van der Waals surface area contributed by atoms with E-state index in [0.717, 1.165) is 6.42 Å². The van der Waals surface area contributed by atoms with Crippen molar-refractivity contribution in [3.05, 3.63) is 22.9 Å². The summed E-state index contributed by atoms with van der Waals surface area (Å²) >= 11 is 11.4. The SMILES string of the molecule is C\C=C(C=O)/C(Cl)=N\C(Cl)=C\CC. The molecule has 0 aromatic heterocycles. The molecule has 0 fully saturated rings. The third-order valence-electron chi connectivity index (χ3n) is 1.25. The molecule has 0 bridgehead atoms. The Morgan fingerprint density at radius 1 is 1.46 bits per heavy atom. The molecule has 0 saturated carbocycles. The first-order valence-electron chi connectivity index (χ1n) is 3.87. The van der Waals surface area contributed by atoms with Crippen molar-refractivity contribution in [1.29, 1.82) is 0 Å². The van der Waals surface area contributed by atoms with Gasteiger partial charge in [0, 0.05) is 5.57 Å². The van der Waals surface area contributed by atoms with E-state index < -0.39 is 0 Å². The number of nitrogens with zero attached hydrogens (tertiary/aromatic N) is 1. The van der Waals surface area contributed by atoms with Gasteiger partial charge in [-0.25, -0.2) is 4.99 Å². The van der Waals surface area contributed by atoms with Gasteiger partial charge >= 0.3 is 0 Å². The van der Waals surface area contributed by atoms with Crippen molar-refractivity contribution in [2.45, 2.75) is 20.3 Å². The summed E-state index contributed by atoms with van der Waals surface area (Å²) in [5.74, 6) is 0. The minimum atomic E-state index is 0.118. The third-order valence-corrected chi connectivity index (χ3v) is 1.80. The van der Waals surface area contributed by atoms with Crippen molar-refractivity contribution in [2.75, 3.05) is 0 Å². The van der Waals surface area contributed by atoms with Crippen molar-refractivity contribution < 1.29 is 4.79 Å². The molecule has 13 heavy (non-hydrogen) atoms. The normalized spacial score (nSPS) is 14.6. The molecule has 0 rings (SSSR count). The average molecular weight is 220 g/mol. The molecule has 2 nitrogen and oxygen atoms in total. The summed E-state index contributed by atoms with van der Waals surface area (Å²) < 4.78 is 0. The molecule has 72 valence electrons. The van der Waals surface area contributed by atoms with Crippen LogP contribution in [0.3, 0.4) is 0 Å². The minimum Gasteiger partial charge on any atom is -0.298 e. The molecule has 0 aliphatic heterocycles. The molecule has 0 aliphatic carbocycles. The first-order chi connectivity index (χ1) is 6.15. The van der Waals surface area contributed by atoms with E-state index in [2.05, 4.69) is 4.99 Å². The van der Waals surface area contributed by atoms with Gasteiger partial charge in [-0.15, -0.1) is 0 Å². The molecule has 0 radical (unpaired) electrons. The standard InChI is InChI=1S/C9H11Cl2NO/c1-3-5-8(10)12-9(11)7(4-2)6-13/h4-6H,3H2,1-2H3/b7-4-,8-5+,12-9+. The molecule has 0 aromatic rings. The van der Waals surface area contributed by atoms with Gasteiger partial charge in [0.15, 0.2) is 6.29 Å². The van der Waals surface area contributed by atoms with Crippen LogP contribution in [0.4, 0.5) is 0 Å². The van der Waals surface area contributed by atoms with E-state index >= 15 is 0 Å². The number of hydrogen-bond acceptors (Lipinski definition) is 2. The Morgan fingerprint density at radius 2 is 2.08 bits per heavy atom. The van der Waals surface area contributed by atoms with Crippen LogP contribution >= 0.6 is 23.2 Å². The largest absolute Gasteiger partial charge is 0.298 e. The Balaban J connectivity index is 4.66. The maximum absolute atomic E-state index is 10.4. The predicted octanol–water partition coefficient (Wildman–Crippen LogP) is 3.26. The Labute approximate surface area is 87.9 Å². The summed E-state index contributed by atoms with van der Waals surface area (Å²) in [5, 5.41) is 0.418. The monoisotopic (exact) mass is 219 g/mol. The van der Waals surface area contributed by atoms with Crippen molar-refractivity contribution >= 4 is 34.7 Å². The smallest absolute Gasteiger partial charge is 0.152 e. The lowest BCUT2D eigenvalue weighted by molar-refractivity contribution is -0.104. The van der Waals surface area contributed by atoms with Gasteiger partial charge in [0.1, 0.15) is 10.3 Å². The van der Waals surface area contributed by atoms with Gasteiger partial charge < -0.3 is 0 Å². The number of carbonyl (C=O) groups is 1. The van der Waals surface area contributed by atoms with Crippen LogP contribution in [0.15, 0.2) is 27.9 Å². The Hall–Kier alpha value is -0.600.